The van der Waals surface area contributed by atoms with Gasteiger partial charge in [-0.2, -0.15) is 0 Å². The lowest BCUT2D eigenvalue weighted by Crippen LogP contribution is -2.24. The maximum absolute atomic E-state index is 10.5. The van der Waals surface area contributed by atoms with E-state index in [1.165, 1.54) is 6.07 Å². The van der Waals surface area contributed by atoms with E-state index in [2.05, 4.69) is 10.6 Å². The molecule has 128 valence electrons. The third kappa shape index (κ3) is 4.47. The Balaban J connectivity index is 1.97. The number of nitrogens with one attached hydrogen (secondary N) is 2. The number of hydrogen-bond acceptors (Lipinski definition) is 5. The number of benzene rings is 2. The van der Waals surface area contributed by atoms with E-state index in [9.17, 15) is 15.0 Å². The fraction of sp³-hybridized carbons (Fsp3) is 0.278. The summed E-state index contributed by atoms with van der Waals surface area (Å²) >= 11 is 0. The van der Waals surface area contributed by atoms with Gasteiger partial charge in [0.2, 0.25) is 6.41 Å². The molecule has 0 spiro atoms. The zero-order valence-electron chi connectivity index (χ0n) is 13.7. The minimum absolute atomic E-state index is 0.0439. The molecule has 2 aromatic rings. The molecule has 0 saturated heterocycles. The molecule has 0 unspecified atom stereocenters. The third-order valence-corrected chi connectivity index (χ3v) is 3.85. The van der Waals surface area contributed by atoms with Crippen LogP contribution < -0.4 is 15.4 Å². The number of carbonyl (C=O) groups is 1. The molecule has 0 aliphatic heterocycles. The van der Waals surface area contributed by atoms with E-state index in [4.69, 9.17) is 4.74 Å². The van der Waals surface area contributed by atoms with Gasteiger partial charge in [0.1, 0.15) is 11.5 Å². The number of phenols is 1. The molecule has 6 nitrogen and oxygen atoms in total. The molecule has 0 aromatic heterocycles. The highest BCUT2D eigenvalue weighted by molar-refractivity contribution is 5.75. The zero-order valence-corrected chi connectivity index (χ0v) is 13.7. The second-order valence-electron chi connectivity index (χ2n) is 5.46. The maximum atomic E-state index is 10.5. The quantitative estimate of drug-likeness (QED) is 0.441. The molecule has 0 saturated carbocycles. The summed E-state index contributed by atoms with van der Waals surface area (Å²) in [5, 5.41) is 25.6. The molecule has 24 heavy (non-hydrogen) atoms. The molecule has 2 rings (SSSR count). The summed E-state index contributed by atoms with van der Waals surface area (Å²) < 4.78 is 5.13. The number of aromatic hydroxyl groups is 1. The normalized spacial score (nSPS) is 13.1. The van der Waals surface area contributed by atoms with Crippen LogP contribution in [0.15, 0.2) is 42.5 Å². The number of methoxy groups -OCH3 is 1. The largest absolute Gasteiger partial charge is 0.506 e. The monoisotopic (exact) mass is 330 g/mol. The Morgan fingerprint density at radius 2 is 1.83 bits per heavy atom. The van der Waals surface area contributed by atoms with Crippen molar-refractivity contribution >= 4 is 12.1 Å². The molecule has 0 fully saturated rings. The lowest BCUT2D eigenvalue weighted by Gasteiger charge is -2.18. The number of amides is 1. The van der Waals surface area contributed by atoms with Crippen LogP contribution >= 0.6 is 0 Å². The van der Waals surface area contributed by atoms with Gasteiger partial charge in [0, 0.05) is 12.6 Å². The zero-order chi connectivity index (χ0) is 17.5. The van der Waals surface area contributed by atoms with Crippen molar-refractivity contribution in [1.29, 1.82) is 0 Å². The van der Waals surface area contributed by atoms with Crippen molar-refractivity contribution in [2.45, 2.75) is 19.1 Å². The summed E-state index contributed by atoms with van der Waals surface area (Å²) in [6.45, 7) is 2.34. The van der Waals surface area contributed by atoms with E-state index in [1.54, 1.807) is 19.2 Å². The smallest absolute Gasteiger partial charge is 0.211 e. The van der Waals surface area contributed by atoms with Crippen LogP contribution in [0.1, 0.15) is 30.2 Å². The molecule has 1 amide bonds. The minimum Gasteiger partial charge on any atom is -0.506 e. The van der Waals surface area contributed by atoms with Gasteiger partial charge in [-0.1, -0.05) is 18.2 Å². The summed E-state index contributed by atoms with van der Waals surface area (Å²) in [7, 11) is 1.62. The fourth-order valence-corrected chi connectivity index (χ4v) is 2.36. The summed E-state index contributed by atoms with van der Waals surface area (Å²) in [6, 6.07) is 12.4. The minimum atomic E-state index is -0.765. The van der Waals surface area contributed by atoms with Crippen molar-refractivity contribution in [3.05, 3.63) is 53.6 Å². The number of phenolic OH excluding ortho intramolecular Hbond substituents is 1. The molecule has 0 aliphatic rings. The van der Waals surface area contributed by atoms with Crippen LogP contribution in [0.4, 0.5) is 5.69 Å². The van der Waals surface area contributed by atoms with Gasteiger partial charge < -0.3 is 25.6 Å². The van der Waals surface area contributed by atoms with E-state index in [1.807, 2.05) is 31.2 Å². The lowest BCUT2D eigenvalue weighted by atomic mass is 10.1. The molecular weight excluding hydrogens is 308 g/mol. The SMILES string of the molecule is COc1ccc([C@H](C)NC[C@@H](O)c2ccc(O)c(NC=O)c2)cc1. The van der Waals surface area contributed by atoms with E-state index in [-0.39, 0.29) is 17.5 Å². The Bertz CT molecular complexity index is 673. The molecule has 0 bridgehead atoms. The third-order valence-electron chi connectivity index (χ3n) is 3.85. The predicted octanol–water partition coefficient (Wildman–Crippen LogP) is 2.35. The van der Waals surface area contributed by atoms with Crippen LogP contribution in [0, 0.1) is 0 Å². The Labute approximate surface area is 141 Å². The van der Waals surface area contributed by atoms with Gasteiger partial charge in [-0.05, 0) is 42.3 Å². The number of hydrogen-bond donors (Lipinski definition) is 4. The van der Waals surface area contributed by atoms with Gasteiger partial charge in [-0.25, -0.2) is 0 Å². The van der Waals surface area contributed by atoms with Crippen molar-refractivity contribution < 1.29 is 19.7 Å². The first kappa shape index (κ1) is 17.8. The predicted molar refractivity (Wildman–Crippen MR) is 92.2 cm³/mol. The molecule has 0 heterocycles. The number of ether oxygens (including phenoxy) is 1. The van der Waals surface area contributed by atoms with Crippen LogP contribution in [0.25, 0.3) is 0 Å². The average molecular weight is 330 g/mol. The Hall–Kier alpha value is -2.57. The number of aliphatic hydroxyl groups excluding tert-OH is 1. The fourth-order valence-electron chi connectivity index (χ4n) is 2.36. The van der Waals surface area contributed by atoms with Gasteiger partial charge >= 0.3 is 0 Å². The highest BCUT2D eigenvalue weighted by atomic mass is 16.5. The van der Waals surface area contributed by atoms with Gasteiger partial charge in [0.25, 0.3) is 0 Å². The molecule has 4 N–H and O–H groups in total. The van der Waals surface area contributed by atoms with Crippen LogP contribution in [-0.4, -0.2) is 30.3 Å². The maximum Gasteiger partial charge on any atom is 0.211 e. The van der Waals surface area contributed by atoms with Crippen molar-refractivity contribution in [1.82, 2.24) is 5.32 Å². The highest BCUT2D eigenvalue weighted by Gasteiger charge is 2.13. The standard InChI is InChI=1S/C18H22N2O4/c1-12(13-3-6-15(24-2)7-4-13)19-10-18(23)14-5-8-17(22)16(9-14)20-11-21/h3-9,11-12,18-19,22-23H,10H2,1-2H3,(H,20,21)/t12-,18+/m0/s1. The van der Waals surface area contributed by atoms with E-state index < -0.39 is 6.10 Å². The average Bonchev–Trinajstić information content (AvgIpc) is 2.61. The molecule has 2 aromatic carbocycles. The van der Waals surface area contributed by atoms with Gasteiger partial charge in [0.05, 0.1) is 18.9 Å². The number of aliphatic hydroxyl groups is 1. The van der Waals surface area contributed by atoms with Crippen LogP contribution in [0.2, 0.25) is 0 Å². The van der Waals surface area contributed by atoms with Crippen molar-refractivity contribution in [3.8, 4) is 11.5 Å². The van der Waals surface area contributed by atoms with Crippen LogP contribution in [-0.2, 0) is 4.79 Å². The van der Waals surface area contributed by atoms with E-state index in [0.29, 0.717) is 18.5 Å². The number of anilines is 1. The first-order chi connectivity index (χ1) is 11.5. The second-order valence-corrected chi connectivity index (χ2v) is 5.46. The van der Waals surface area contributed by atoms with Gasteiger partial charge in [-0.15, -0.1) is 0 Å². The summed E-state index contributed by atoms with van der Waals surface area (Å²) in [4.78, 5) is 10.5. The van der Waals surface area contributed by atoms with Gasteiger partial charge in [0.15, 0.2) is 0 Å². The van der Waals surface area contributed by atoms with Crippen LogP contribution in [0.3, 0.4) is 0 Å². The Morgan fingerprint density at radius 1 is 1.17 bits per heavy atom. The molecule has 0 aliphatic carbocycles. The van der Waals surface area contributed by atoms with Crippen LogP contribution in [0.5, 0.6) is 11.5 Å². The summed E-state index contributed by atoms with van der Waals surface area (Å²) in [5.41, 5.74) is 1.95. The van der Waals surface area contributed by atoms with Gasteiger partial charge in [-0.3, -0.25) is 4.79 Å². The van der Waals surface area contributed by atoms with Crippen molar-refractivity contribution in [2.24, 2.45) is 0 Å². The topological polar surface area (TPSA) is 90.8 Å². The molecule has 6 heteroatoms. The van der Waals surface area contributed by atoms with E-state index in [0.717, 1.165) is 11.3 Å². The lowest BCUT2D eigenvalue weighted by molar-refractivity contribution is -0.105. The Morgan fingerprint density at radius 3 is 2.46 bits per heavy atom. The van der Waals surface area contributed by atoms with Crippen molar-refractivity contribution in [2.75, 3.05) is 19.0 Å². The first-order valence-corrected chi connectivity index (χ1v) is 7.63. The first-order valence-electron chi connectivity index (χ1n) is 7.63. The van der Waals surface area contributed by atoms with E-state index >= 15 is 0 Å². The molecule has 2 atom stereocenters. The summed E-state index contributed by atoms with van der Waals surface area (Å²) in [6.07, 6.45) is -0.284. The summed E-state index contributed by atoms with van der Waals surface area (Å²) in [5.74, 6) is 0.753. The Kier molecular flexibility index (Phi) is 6.17. The molecule has 0 radical (unpaired) electrons. The number of carbonyl (C=O) groups excluding carboxylic acids is 1. The number of rotatable bonds is 8. The highest BCUT2D eigenvalue weighted by Crippen LogP contribution is 2.27. The second kappa shape index (κ2) is 8.33. The van der Waals surface area contributed by atoms with Crippen molar-refractivity contribution in [3.63, 3.8) is 0 Å². The molecular formula is C18H22N2O4.